The second-order valence-corrected chi connectivity index (χ2v) is 8.14. The van der Waals surface area contributed by atoms with Crippen molar-refractivity contribution in [3.05, 3.63) is 51.7 Å². The molecule has 138 valence electrons. The largest absolute Gasteiger partial charge is 0.486 e. The number of nitrogens with zero attached hydrogens (tertiary/aromatic N) is 1. The summed E-state index contributed by atoms with van der Waals surface area (Å²) in [6, 6.07) is 9.54. The van der Waals surface area contributed by atoms with E-state index in [0.717, 1.165) is 25.9 Å². The Hall–Kier alpha value is -1.95. The predicted octanol–water partition coefficient (Wildman–Crippen LogP) is 3.72. The van der Waals surface area contributed by atoms with Crippen LogP contribution in [-0.4, -0.2) is 42.9 Å². The van der Waals surface area contributed by atoms with Gasteiger partial charge in [0.1, 0.15) is 11.9 Å². The lowest BCUT2D eigenvalue weighted by Crippen LogP contribution is -2.39. The Kier molecular flexibility index (Phi) is 5.32. The number of ether oxygens (including phenoxy) is 1. The van der Waals surface area contributed by atoms with Gasteiger partial charge in [-0.15, -0.1) is 11.3 Å². The minimum absolute atomic E-state index is 0.0310. The highest BCUT2D eigenvalue weighted by atomic mass is 32.1. The zero-order valence-electron chi connectivity index (χ0n) is 15.9. The Labute approximate surface area is 157 Å². The van der Waals surface area contributed by atoms with E-state index < -0.39 is 6.10 Å². The van der Waals surface area contributed by atoms with Gasteiger partial charge in [-0.1, -0.05) is 12.1 Å². The van der Waals surface area contributed by atoms with Gasteiger partial charge in [-0.2, -0.15) is 0 Å². The van der Waals surface area contributed by atoms with Gasteiger partial charge in [0.25, 0.3) is 0 Å². The van der Waals surface area contributed by atoms with E-state index in [-0.39, 0.29) is 11.5 Å². The summed E-state index contributed by atoms with van der Waals surface area (Å²) in [5, 5.41) is 11.5. The Morgan fingerprint density at radius 1 is 1.15 bits per heavy atom. The molecular formula is C21H25NO3S. The van der Waals surface area contributed by atoms with Crippen molar-refractivity contribution in [3.63, 3.8) is 0 Å². The monoisotopic (exact) mass is 371 g/mol. The maximum Gasteiger partial charge on any atom is 0.196 e. The molecule has 0 bridgehead atoms. The lowest BCUT2D eigenvalue weighted by molar-refractivity contribution is 0.0326. The summed E-state index contributed by atoms with van der Waals surface area (Å²) in [6.07, 6.45) is -0.973. The van der Waals surface area contributed by atoms with Gasteiger partial charge >= 0.3 is 0 Å². The van der Waals surface area contributed by atoms with Crippen molar-refractivity contribution in [1.29, 1.82) is 0 Å². The van der Waals surface area contributed by atoms with Gasteiger partial charge in [0.2, 0.25) is 0 Å². The summed E-state index contributed by atoms with van der Waals surface area (Å²) in [5.41, 5.74) is 2.09. The van der Waals surface area contributed by atoms with E-state index in [1.807, 2.05) is 63.2 Å². The fourth-order valence-corrected chi connectivity index (χ4v) is 4.30. The van der Waals surface area contributed by atoms with Gasteiger partial charge in [0, 0.05) is 26.7 Å². The zero-order valence-corrected chi connectivity index (χ0v) is 16.7. The molecule has 1 aromatic heterocycles. The van der Waals surface area contributed by atoms with Crippen LogP contribution in [0.5, 0.6) is 5.75 Å². The fourth-order valence-electron chi connectivity index (χ4n) is 3.09. The number of hydrogen-bond donors (Lipinski definition) is 1. The smallest absolute Gasteiger partial charge is 0.196 e. The van der Waals surface area contributed by atoms with Crippen LogP contribution in [0.25, 0.3) is 20.2 Å². The molecule has 0 aliphatic heterocycles. The van der Waals surface area contributed by atoms with Gasteiger partial charge in [-0.3, -0.25) is 4.79 Å². The Bertz CT molecular complexity index is 1010. The van der Waals surface area contributed by atoms with Crippen LogP contribution in [0, 0.1) is 13.8 Å². The van der Waals surface area contributed by atoms with Crippen molar-refractivity contribution in [2.24, 2.45) is 0 Å². The van der Waals surface area contributed by atoms with Crippen LogP contribution >= 0.6 is 11.3 Å². The van der Waals surface area contributed by atoms with E-state index in [9.17, 15) is 9.90 Å². The summed E-state index contributed by atoms with van der Waals surface area (Å²) in [7, 11) is 3.89. The Balaban J connectivity index is 2.18. The molecule has 1 N–H and O–H groups in total. The summed E-state index contributed by atoms with van der Waals surface area (Å²) < 4.78 is 8.14. The van der Waals surface area contributed by atoms with E-state index in [4.69, 9.17) is 4.74 Å². The van der Waals surface area contributed by atoms with Crippen LogP contribution in [-0.2, 0) is 0 Å². The van der Waals surface area contributed by atoms with E-state index in [1.54, 1.807) is 18.3 Å². The maximum absolute atomic E-state index is 13.0. The molecule has 0 radical (unpaired) electrons. The lowest BCUT2D eigenvalue weighted by atomic mass is 10.0. The van der Waals surface area contributed by atoms with Gasteiger partial charge in [0.05, 0.1) is 6.10 Å². The second-order valence-electron chi connectivity index (χ2n) is 7.09. The number of hydrogen-bond acceptors (Lipinski definition) is 5. The van der Waals surface area contributed by atoms with E-state index >= 15 is 0 Å². The second kappa shape index (κ2) is 7.35. The molecule has 0 spiro atoms. The van der Waals surface area contributed by atoms with Crippen molar-refractivity contribution >= 4 is 31.5 Å². The highest BCUT2D eigenvalue weighted by molar-refractivity contribution is 7.24. The molecule has 0 saturated carbocycles. The molecule has 2 unspecified atom stereocenters. The number of aliphatic hydroxyl groups is 1. The van der Waals surface area contributed by atoms with Crippen molar-refractivity contribution in [2.45, 2.75) is 33.0 Å². The van der Waals surface area contributed by atoms with E-state index in [1.165, 1.54) is 0 Å². The molecule has 1 heterocycles. The Morgan fingerprint density at radius 2 is 1.85 bits per heavy atom. The lowest BCUT2D eigenvalue weighted by Gasteiger charge is -2.26. The molecule has 26 heavy (non-hydrogen) atoms. The fraction of sp³-hybridized carbons (Fsp3) is 0.381. The predicted molar refractivity (Wildman–Crippen MR) is 110 cm³/mol. The van der Waals surface area contributed by atoms with Gasteiger partial charge in [0.15, 0.2) is 5.43 Å². The normalized spacial score (nSPS) is 14.1. The van der Waals surface area contributed by atoms with Crippen LogP contribution in [0.4, 0.5) is 0 Å². The first-order valence-corrected chi connectivity index (χ1v) is 9.56. The minimum atomic E-state index is -0.612. The molecule has 5 heteroatoms. The standard InChI is InChI=1S/C21H25NO3S/c1-12-13(2)21-16(20(24)15-8-6-7-9-19(15)26-21)10-17(12)25-18(14(3)23)11-22(4)5/h6-10,14,18,23H,11H2,1-5H3. The number of rotatable bonds is 5. The van der Waals surface area contributed by atoms with E-state index in [0.29, 0.717) is 17.7 Å². The number of benzene rings is 2. The van der Waals surface area contributed by atoms with Crippen LogP contribution in [0.2, 0.25) is 0 Å². The van der Waals surface area contributed by atoms with Gasteiger partial charge < -0.3 is 14.7 Å². The molecule has 2 atom stereocenters. The number of aliphatic hydroxyl groups excluding tert-OH is 1. The third-order valence-electron chi connectivity index (χ3n) is 4.74. The first-order chi connectivity index (χ1) is 12.3. The molecular weight excluding hydrogens is 346 g/mol. The van der Waals surface area contributed by atoms with Crippen molar-refractivity contribution in [1.82, 2.24) is 4.90 Å². The molecule has 2 aromatic carbocycles. The third-order valence-corrected chi connectivity index (χ3v) is 6.05. The topological polar surface area (TPSA) is 49.8 Å². The molecule has 0 fully saturated rings. The van der Waals surface area contributed by atoms with E-state index in [2.05, 4.69) is 0 Å². The average Bonchev–Trinajstić information content (AvgIpc) is 2.59. The van der Waals surface area contributed by atoms with Crippen molar-refractivity contribution < 1.29 is 9.84 Å². The molecule has 0 aliphatic rings. The molecule has 0 saturated heterocycles. The van der Waals surface area contributed by atoms with Crippen LogP contribution in [0.3, 0.4) is 0 Å². The molecule has 3 rings (SSSR count). The van der Waals surface area contributed by atoms with Crippen LogP contribution in [0.15, 0.2) is 35.1 Å². The van der Waals surface area contributed by atoms with Gasteiger partial charge in [-0.25, -0.2) is 0 Å². The molecule has 3 aromatic rings. The maximum atomic E-state index is 13.0. The number of fused-ring (bicyclic) bond motifs is 2. The SMILES string of the molecule is Cc1c(OC(CN(C)C)C(C)O)cc2c(=O)c3ccccc3sc2c1C. The molecule has 0 aliphatic carbocycles. The Morgan fingerprint density at radius 3 is 2.50 bits per heavy atom. The van der Waals surface area contributed by atoms with Crippen molar-refractivity contribution in [2.75, 3.05) is 20.6 Å². The van der Waals surface area contributed by atoms with Crippen LogP contribution in [0.1, 0.15) is 18.1 Å². The summed E-state index contributed by atoms with van der Waals surface area (Å²) in [5.74, 6) is 0.669. The van der Waals surface area contributed by atoms with Crippen LogP contribution < -0.4 is 10.2 Å². The van der Waals surface area contributed by atoms with Gasteiger partial charge in [-0.05, 0) is 64.2 Å². The summed E-state index contributed by atoms with van der Waals surface area (Å²) in [4.78, 5) is 15.0. The summed E-state index contributed by atoms with van der Waals surface area (Å²) >= 11 is 1.64. The highest BCUT2D eigenvalue weighted by Gasteiger charge is 2.21. The third kappa shape index (κ3) is 3.47. The zero-order chi connectivity index (χ0) is 19.0. The first kappa shape index (κ1) is 18.8. The number of likely N-dealkylation sites (N-methyl/N-ethyl adjacent to an activating group) is 1. The summed E-state index contributed by atoms with van der Waals surface area (Å²) in [6.45, 7) is 6.36. The minimum Gasteiger partial charge on any atom is -0.486 e. The number of aryl methyl sites for hydroxylation is 1. The molecule has 0 amide bonds. The van der Waals surface area contributed by atoms with Crippen molar-refractivity contribution in [3.8, 4) is 5.75 Å². The highest BCUT2D eigenvalue weighted by Crippen LogP contribution is 2.34. The average molecular weight is 372 g/mol. The molecule has 4 nitrogen and oxygen atoms in total. The first-order valence-electron chi connectivity index (χ1n) is 8.74. The quantitative estimate of drug-likeness (QED) is 0.695.